The first-order valence-corrected chi connectivity index (χ1v) is 19.3. The molecule has 2 aliphatic carbocycles. The Balaban J connectivity index is 0.983. The minimum absolute atomic E-state index is 0.276. The molecule has 55 heavy (non-hydrogen) atoms. The van der Waals surface area contributed by atoms with Crippen LogP contribution in [0.25, 0.3) is 66.1 Å². The predicted octanol–water partition coefficient (Wildman–Crippen LogP) is 14.0. The molecule has 1 nitrogen and oxygen atoms in total. The summed E-state index contributed by atoms with van der Waals surface area (Å²) in [7, 11) is 0. The lowest BCUT2D eigenvalue weighted by molar-refractivity contribution is 0.649. The van der Waals surface area contributed by atoms with Gasteiger partial charge in [-0.2, -0.15) is 0 Å². The van der Waals surface area contributed by atoms with E-state index in [1.807, 2.05) is 0 Å². The molecule has 1 aromatic heterocycles. The average molecular weight is 700 g/mol. The fourth-order valence-corrected chi connectivity index (χ4v) is 9.34. The maximum absolute atomic E-state index is 2.42. The summed E-state index contributed by atoms with van der Waals surface area (Å²) in [6.07, 6.45) is 9.14. The Hall–Kier alpha value is -6.96. The number of hydrogen-bond acceptors (Lipinski definition) is 0. The summed E-state index contributed by atoms with van der Waals surface area (Å²) in [5.74, 6) is 0.555. The van der Waals surface area contributed by atoms with Crippen LogP contribution in [-0.4, -0.2) is 4.57 Å². The Morgan fingerprint density at radius 2 is 1.07 bits per heavy atom. The first-order valence-electron chi connectivity index (χ1n) is 19.3. The molecule has 0 amide bonds. The Morgan fingerprint density at radius 3 is 1.95 bits per heavy atom. The first kappa shape index (κ1) is 31.6. The van der Waals surface area contributed by atoms with Crippen molar-refractivity contribution in [2.75, 3.05) is 0 Å². The van der Waals surface area contributed by atoms with Crippen LogP contribution in [-0.2, 0) is 0 Å². The van der Waals surface area contributed by atoms with Gasteiger partial charge in [0, 0.05) is 28.3 Å². The monoisotopic (exact) mass is 699 g/mol. The molecule has 2 aliphatic rings. The van der Waals surface area contributed by atoms with Crippen LogP contribution in [0.1, 0.15) is 28.2 Å². The lowest BCUT2D eigenvalue weighted by atomic mass is 9.66. The summed E-state index contributed by atoms with van der Waals surface area (Å²) in [6.45, 7) is 0. The van der Waals surface area contributed by atoms with Gasteiger partial charge >= 0.3 is 0 Å². The van der Waals surface area contributed by atoms with E-state index in [1.165, 1.54) is 88.2 Å². The molecule has 0 radical (unpaired) electrons. The number of nitrogens with zero attached hydrogens (tertiary/aromatic N) is 1. The summed E-state index contributed by atoms with van der Waals surface area (Å²) in [5, 5.41) is 5.07. The molecule has 11 rings (SSSR count). The molecule has 8 aromatic carbocycles. The van der Waals surface area contributed by atoms with E-state index in [2.05, 4.69) is 217 Å². The number of allylic oxidation sites excluding steroid dienone is 5. The highest BCUT2D eigenvalue weighted by Crippen LogP contribution is 2.50. The standard InChI is InChI=1S/C54H37N/c1-2-14-39(15-3-1)53-46-19-6-8-21-48(46)54(49-22-9-7-20-47(49)53)40-29-32-42(33-30-40)55-51-24-11-10-18-45(51)50-35-41(31-34-52(50)55)36-25-27-38(28-26-36)44-23-12-16-37-13-4-5-17-43(37)44/h1-35,46,53H. The predicted molar refractivity (Wildman–Crippen MR) is 232 cm³/mol. The highest BCUT2D eigenvalue weighted by molar-refractivity contribution is 6.10. The van der Waals surface area contributed by atoms with E-state index in [4.69, 9.17) is 0 Å². The van der Waals surface area contributed by atoms with Gasteiger partial charge in [-0.15, -0.1) is 0 Å². The van der Waals surface area contributed by atoms with Gasteiger partial charge in [-0.25, -0.2) is 0 Å². The van der Waals surface area contributed by atoms with Gasteiger partial charge in [0.1, 0.15) is 0 Å². The van der Waals surface area contributed by atoms with Crippen LogP contribution >= 0.6 is 0 Å². The smallest absolute Gasteiger partial charge is 0.0541 e. The Kier molecular flexibility index (Phi) is 7.38. The van der Waals surface area contributed by atoms with E-state index in [1.54, 1.807) is 0 Å². The number of aromatic nitrogens is 1. The van der Waals surface area contributed by atoms with E-state index >= 15 is 0 Å². The topological polar surface area (TPSA) is 4.93 Å². The molecule has 0 spiro atoms. The number of rotatable bonds is 5. The lowest BCUT2D eigenvalue weighted by Crippen LogP contribution is -2.22. The minimum atomic E-state index is 0.276. The van der Waals surface area contributed by atoms with E-state index in [0.717, 1.165) is 5.69 Å². The second-order valence-electron chi connectivity index (χ2n) is 14.8. The molecule has 0 bridgehead atoms. The van der Waals surface area contributed by atoms with Crippen molar-refractivity contribution in [3.8, 4) is 27.9 Å². The molecule has 0 saturated heterocycles. The van der Waals surface area contributed by atoms with Crippen LogP contribution < -0.4 is 0 Å². The van der Waals surface area contributed by atoms with Crippen LogP contribution in [0.2, 0.25) is 0 Å². The Morgan fingerprint density at radius 1 is 0.418 bits per heavy atom. The molecular formula is C54H37N. The minimum Gasteiger partial charge on any atom is -0.309 e. The van der Waals surface area contributed by atoms with Gasteiger partial charge in [0.25, 0.3) is 0 Å². The van der Waals surface area contributed by atoms with E-state index in [-0.39, 0.29) is 11.8 Å². The van der Waals surface area contributed by atoms with Gasteiger partial charge in [0.05, 0.1) is 11.0 Å². The van der Waals surface area contributed by atoms with Crippen LogP contribution in [0.3, 0.4) is 0 Å². The van der Waals surface area contributed by atoms with Crippen molar-refractivity contribution in [3.63, 3.8) is 0 Å². The van der Waals surface area contributed by atoms with E-state index in [0.29, 0.717) is 0 Å². The van der Waals surface area contributed by atoms with Crippen LogP contribution in [0.5, 0.6) is 0 Å². The molecule has 0 saturated carbocycles. The highest BCUT2D eigenvalue weighted by atomic mass is 15.0. The number of benzene rings is 8. The molecule has 0 aliphatic heterocycles. The van der Waals surface area contributed by atoms with Crippen LogP contribution in [0.4, 0.5) is 0 Å². The zero-order valence-corrected chi connectivity index (χ0v) is 30.3. The molecule has 0 fully saturated rings. The normalized spacial score (nSPS) is 16.1. The van der Waals surface area contributed by atoms with Gasteiger partial charge in [0.15, 0.2) is 0 Å². The number of fused-ring (bicyclic) bond motifs is 6. The van der Waals surface area contributed by atoms with Crippen molar-refractivity contribution in [1.29, 1.82) is 0 Å². The third-order valence-corrected chi connectivity index (χ3v) is 11.8. The van der Waals surface area contributed by atoms with Gasteiger partial charge in [0.2, 0.25) is 0 Å². The van der Waals surface area contributed by atoms with Gasteiger partial charge in [-0.1, -0.05) is 182 Å². The molecule has 258 valence electrons. The second-order valence-corrected chi connectivity index (χ2v) is 14.8. The summed E-state index contributed by atoms with van der Waals surface area (Å²) in [6, 6.07) is 69.3. The Labute approximate surface area is 321 Å². The summed E-state index contributed by atoms with van der Waals surface area (Å²) in [5.41, 5.74) is 16.6. The fraction of sp³-hybridized carbons (Fsp3) is 0.0370. The maximum Gasteiger partial charge on any atom is 0.0541 e. The summed E-state index contributed by atoms with van der Waals surface area (Å²) < 4.78 is 2.42. The van der Waals surface area contributed by atoms with Crippen molar-refractivity contribution in [3.05, 3.63) is 240 Å². The second kappa shape index (κ2) is 12.9. The third kappa shape index (κ3) is 5.16. The number of para-hydroxylation sites is 1. The maximum atomic E-state index is 2.42. The van der Waals surface area contributed by atoms with Gasteiger partial charge in [-0.3, -0.25) is 0 Å². The molecule has 2 atom stereocenters. The van der Waals surface area contributed by atoms with Crippen molar-refractivity contribution < 1.29 is 0 Å². The van der Waals surface area contributed by atoms with E-state index < -0.39 is 0 Å². The molecular weight excluding hydrogens is 663 g/mol. The van der Waals surface area contributed by atoms with Crippen molar-refractivity contribution in [2.45, 2.75) is 5.92 Å². The van der Waals surface area contributed by atoms with Gasteiger partial charge < -0.3 is 4.57 Å². The molecule has 0 N–H and O–H groups in total. The van der Waals surface area contributed by atoms with Crippen molar-refractivity contribution >= 4 is 38.2 Å². The van der Waals surface area contributed by atoms with E-state index in [9.17, 15) is 0 Å². The largest absolute Gasteiger partial charge is 0.309 e. The zero-order chi connectivity index (χ0) is 36.3. The quantitative estimate of drug-likeness (QED) is 0.169. The first-order chi connectivity index (χ1) is 27.3. The van der Waals surface area contributed by atoms with Crippen LogP contribution in [0.15, 0.2) is 218 Å². The zero-order valence-electron chi connectivity index (χ0n) is 30.3. The fourth-order valence-electron chi connectivity index (χ4n) is 9.34. The van der Waals surface area contributed by atoms with Crippen LogP contribution in [0, 0.1) is 5.92 Å². The number of hydrogen-bond donors (Lipinski definition) is 0. The third-order valence-electron chi connectivity index (χ3n) is 11.8. The molecule has 1 heterocycles. The van der Waals surface area contributed by atoms with Crippen molar-refractivity contribution in [2.24, 2.45) is 5.92 Å². The molecule has 9 aromatic rings. The average Bonchev–Trinajstić information content (AvgIpc) is 3.59. The Bertz CT molecular complexity index is 3000. The van der Waals surface area contributed by atoms with Gasteiger partial charge in [-0.05, 0) is 96.8 Å². The summed E-state index contributed by atoms with van der Waals surface area (Å²) >= 11 is 0. The molecule has 1 heteroatoms. The van der Waals surface area contributed by atoms with Crippen molar-refractivity contribution in [1.82, 2.24) is 4.57 Å². The molecule has 2 unspecified atom stereocenters. The highest BCUT2D eigenvalue weighted by Gasteiger charge is 2.35. The SMILES string of the molecule is C1=CC2=C(c3ccc(-n4c5ccccc5c5cc(-c6ccc(-c7cccc8ccccc78)cc6)ccc54)cc3)c3ccccc3C(c3ccccc3)C2C=C1. The summed E-state index contributed by atoms with van der Waals surface area (Å²) in [4.78, 5) is 0. The lowest BCUT2D eigenvalue weighted by Gasteiger charge is -2.36.